The molecule has 3 aromatic carbocycles. The van der Waals surface area contributed by atoms with Crippen LogP contribution >= 0.6 is 11.8 Å². The van der Waals surface area contributed by atoms with Crippen molar-refractivity contribution in [3.8, 4) is 5.75 Å². The van der Waals surface area contributed by atoms with E-state index in [0.717, 1.165) is 12.0 Å². The Hall–Kier alpha value is -3.82. The summed E-state index contributed by atoms with van der Waals surface area (Å²) in [6.07, 6.45) is 1.37. The van der Waals surface area contributed by atoms with Crippen LogP contribution in [0.25, 0.3) is 0 Å². The molecule has 3 heterocycles. The number of nitrogens with zero attached hydrogens (tertiary/aromatic N) is 1. The minimum absolute atomic E-state index is 0.0691. The van der Waals surface area contributed by atoms with Gasteiger partial charge in [-0.1, -0.05) is 48.5 Å². The third kappa shape index (κ3) is 4.33. The SMILES string of the molecule is COc1ccc(NC(=O)C2N([C@H](CO)c3ccccc3)C(=O)[C@@H]3[C@H](C(=O)Nc4ccccc4)[C@@H]4CCC23S4)cc1. The summed E-state index contributed by atoms with van der Waals surface area (Å²) in [5.41, 5.74) is 1.99. The van der Waals surface area contributed by atoms with E-state index in [1.54, 1.807) is 48.0 Å². The average molecular weight is 558 g/mol. The van der Waals surface area contributed by atoms with Crippen molar-refractivity contribution >= 4 is 40.9 Å². The number of nitrogens with one attached hydrogen (secondary N) is 2. The molecule has 9 heteroatoms. The maximum Gasteiger partial charge on any atom is 0.248 e. The van der Waals surface area contributed by atoms with E-state index >= 15 is 0 Å². The monoisotopic (exact) mass is 557 g/mol. The lowest BCUT2D eigenvalue weighted by Crippen LogP contribution is -2.52. The molecule has 3 aliphatic rings. The fraction of sp³-hybridized carbons (Fsp3) is 0.323. The molecule has 0 radical (unpaired) electrons. The zero-order valence-electron chi connectivity index (χ0n) is 22.0. The van der Waals surface area contributed by atoms with Gasteiger partial charge >= 0.3 is 0 Å². The summed E-state index contributed by atoms with van der Waals surface area (Å²) in [6, 6.07) is 23.9. The Morgan fingerprint density at radius 1 is 0.975 bits per heavy atom. The van der Waals surface area contributed by atoms with Crippen molar-refractivity contribution in [2.24, 2.45) is 11.8 Å². The highest BCUT2D eigenvalue weighted by Gasteiger charge is 2.74. The lowest BCUT2D eigenvalue weighted by Gasteiger charge is -2.37. The second-order valence-corrected chi connectivity index (χ2v) is 12.1. The number of benzene rings is 3. The number of rotatable bonds is 8. The van der Waals surface area contributed by atoms with Crippen LogP contribution in [0.15, 0.2) is 84.9 Å². The van der Waals surface area contributed by atoms with Crippen molar-refractivity contribution < 1.29 is 24.2 Å². The number of ether oxygens (including phenoxy) is 1. The van der Waals surface area contributed by atoms with Gasteiger partial charge in [-0.3, -0.25) is 14.4 Å². The van der Waals surface area contributed by atoms with Gasteiger partial charge in [0.15, 0.2) is 0 Å². The highest BCUT2D eigenvalue weighted by Crippen LogP contribution is 2.67. The number of para-hydroxylation sites is 1. The lowest BCUT2D eigenvalue weighted by atomic mass is 9.70. The fourth-order valence-electron chi connectivity index (χ4n) is 6.69. The molecule has 3 N–H and O–H groups in total. The Labute approximate surface area is 237 Å². The largest absolute Gasteiger partial charge is 0.497 e. The van der Waals surface area contributed by atoms with E-state index in [2.05, 4.69) is 10.6 Å². The molecule has 3 saturated heterocycles. The summed E-state index contributed by atoms with van der Waals surface area (Å²) in [5, 5.41) is 16.5. The van der Waals surface area contributed by atoms with Crippen LogP contribution in [0.5, 0.6) is 5.75 Å². The summed E-state index contributed by atoms with van der Waals surface area (Å²) in [5.74, 6) is -1.39. The number of hydrogen-bond acceptors (Lipinski definition) is 6. The predicted octanol–water partition coefficient (Wildman–Crippen LogP) is 4.10. The minimum Gasteiger partial charge on any atom is -0.497 e. The number of aliphatic hydroxyl groups is 1. The van der Waals surface area contributed by atoms with Crippen LogP contribution in [0, 0.1) is 11.8 Å². The van der Waals surface area contributed by atoms with Gasteiger partial charge < -0.3 is 25.4 Å². The number of anilines is 2. The fourth-order valence-corrected chi connectivity index (χ4v) is 8.89. The molecule has 0 aliphatic carbocycles. The van der Waals surface area contributed by atoms with Crippen LogP contribution in [0.2, 0.25) is 0 Å². The molecule has 2 bridgehead atoms. The van der Waals surface area contributed by atoms with Gasteiger partial charge in [-0.05, 0) is 54.8 Å². The van der Waals surface area contributed by atoms with Crippen LogP contribution in [0.3, 0.4) is 0 Å². The summed E-state index contributed by atoms with van der Waals surface area (Å²) < 4.78 is 4.46. The molecule has 1 spiro atoms. The number of hydrogen-bond donors (Lipinski definition) is 3. The third-order valence-electron chi connectivity index (χ3n) is 8.38. The van der Waals surface area contributed by atoms with Crippen LogP contribution < -0.4 is 15.4 Å². The molecule has 8 nitrogen and oxygen atoms in total. The molecule has 2 unspecified atom stereocenters. The normalized spacial score (nSPS) is 27.2. The average Bonchev–Trinajstić information content (AvgIpc) is 3.63. The van der Waals surface area contributed by atoms with Gasteiger partial charge in [0.1, 0.15) is 11.8 Å². The van der Waals surface area contributed by atoms with Gasteiger partial charge in [-0.2, -0.15) is 0 Å². The number of carbonyl (C=O) groups is 3. The van der Waals surface area contributed by atoms with E-state index in [1.165, 1.54) is 0 Å². The van der Waals surface area contributed by atoms with Crippen LogP contribution in [-0.4, -0.2) is 57.5 Å². The number of carbonyl (C=O) groups excluding carboxylic acids is 3. The quantitative estimate of drug-likeness (QED) is 0.385. The van der Waals surface area contributed by atoms with Gasteiger partial charge in [0.25, 0.3) is 0 Å². The highest BCUT2D eigenvalue weighted by molar-refractivity contribution is 8.02. The Bertz CT molecular complexity index is 1400. The van der Waals surface area contributed by atoms with Crippen molar-refractivity contribution in [2.75, 3.05) is 24.4 Å². The molecule has 3 fully saturated rings. The van der Waals surface area contributed by atoms with E-state index in [9.17, 15) is 19.5 Å². The second-order valence-electron chi connectivity index (χ2n) is 10.5. The summed E-state index contributed by atoms with van der Waals surface area (Å²) in [4.78, 5) is 43.8. The lowest BCUT2D eigenvalue weighted by molar-refractivity contribution is -0.141. The van der Waals surface area contributed by atoms with E-state index < -0.39 is 28.7 Å². The standard InChI is InChI=1S/C31H31N3O5S/c1-39-22-14-12-21(13-15-22)33-29(37)27-31-17-16-24(40-31)25(28(36)32-20-10-6-3-7-11-20)26(31)30(38)34(27)23(18-35)19-8-4-2-5-9-19/h2-15,23-27,35H,16-18H2,1H3,(H,32,36)(H,33,37)/t23-,24+,25-,26+,27?,31?/m1/s1. The zero-order valence-corrected chi connectivity index (χ0v) is 22.8. The first-order chi connectivity index (χ1) is 19.5. The molecule has 3 amide bonds. The Morgan fingerprint density at radius 2 is 1.60 bits per heavy atom. The van der Waals surface area contributed by atoms with Gasteiger partial charge in [-0.25, -0.2) is 0 Å². The summed E-state index contributed by atoms with van der Waals surface area (Å²) in [7, 11) is 1.58. The number of fused-ring (bicyclic) bond motifs is 1. The molecule has 0 saturated carbocycles. The molecular formula is C31H31N3O5S. The first kappa shape index (κ1) is 26.4. The van der Waals surface area contributed by atoms with E-state index in [1.807, 2.05) is 60.7 Å². The van der Waals surface area contributed by atoms with Crippen LogP contribution in [-0.2, 0) is 14.4 Å². The topological polar surface area (TPSA) is 108 Å². The first-order valence-electron chi connectivity index (χ1n) is 13.4. The number of methoxy groups -OCH3 is 1. The van der Waals surface area contributed by atoms with E-state index in [4.69, 9.17) is 4.74 Å². The molecule has 3 aromatic rings. The number of thioether (sulfide) groups is 1. The van der Waals surface area contributed by atoms with Crippen molar-refractivity contribution in [1.29, 1.82) is 0 Å². The van der Waals surface area contributed by atoms with E-state index in [0.29, 0.717) is 23.5 Å². The second kappa shape index (κ2) is 10.6. The Kier molecular flexibility index (Phi) is 7.02. The van der Waals surface area contributed by atoms with Gasteiger partial charge in [0.05, 0.1) is 36.3 Å². The third-order valence-corrected chi connectivity index (χ3v) is 10.3. The van der Waals surface area contributed by atoms with Gasteiger partial charge in [0, 0.05) is 16.6 Å². The molecule has 0 aromatic heterocycles. The molecular weight excluding hydrogens is 526 g/mol. The molecule has 206 valence electrons. The Balaban J connectivity index is 1.38. The minimum atomic E-state index is -0.867. The highest BCUT2D eigenvalue weighted by atomic mass is 32.2. The molecule has 40 heavy (non-hydrogen) atoms. The maximum absolute atomic E-state index is 14.4. The van der Waals surface area contributed by atoms with Gasteiger partial charge in [0.2, 0.25) is 17.7 Å². The number of aliphatic hydroxyl groups excluding tert-OH is 1. The number of likely N-dealkylation sites (tertiary alicyclic amines) is 1. The van der Waals surface area contributed by atoms with Crippen molar-refractivity contribution in [2.45, 2.75) is 34.9 Å². The smallest absolute Gasteiger partial charge is 0.248 e. The summed E-state index contributed by atoms with van der Waals surface area (Å²) in [6.45, 7) is -0.347. The molecule has 3 aliphatic heterocycles. The zero-order chi connectivity index (χ0) is 27.9. The van der Waals surface area contributed by atoms with Crippen molar-refractivity contribution in [1.82, 2.24) is 4.90 Å². The van der Waals surface area contributed by atoms with Crippen molar-refractivity contribution in [3.05, 3.63) is 90.5 Å². The Morgan fingerprint density at radius 3 is 2.25 bits per heavy atom. The first-order valence-corrected chi connectivity index (χ1v) is 14.3. The van der Waals surface area contributed by atoms with E-state index in [-0.39, 0.29) is 29.6 Å². The van der Waals surface area contributed by atoms with Crippen LogP contribution in [0.1, 0.15) is 24.4 Å². The molecule has 6 atom stereocenters. The van der Waals surface area contributed by atoms with Crippen LogP contribution in [0.4, 0.5) is 11.4 Å². The summed E-state index contributed by atoms with van der Waals surface area (Å²) >= 11 is 1.59. The predicted molar refractivity (Wildman–Crippen MR) is 154 cm³/mol. The van der Waals surface area contributed by atoms with Gasteiger partial charge in [-0.15, -0.1) is 11.8 Å². The maximum atomic E-state index is 14.4. The molecule has 6 rings (SSSR count). The van der Waals surface area contributed by atoms with Crippen molar-refractivity contribution in [3.63, 3.8) is 0 Å². The number of amides is 3.